The molecule has 0 radical (unpaired) electrons. The van der Waals surface area contributed by atoms with E-state index in [0.29, 0.717) is 36.2 Å². The van der Waals surface area contributed by atoms with Crippen molar-refractivity contribution in [3.8, 4) is 11.5 Å². The van der Waals surface area contributed by atoms with E-state index in [1.54, 1.807) is 43.3 Å². The van der Waals surface area contributed by atoms with Gasteiger partial charge in [0.25, 0.3) is 0 Å². The summed E-state index contributed by atoms with van der Waals surface area (Å²) in [6.07, 6.45) is -0.689. The van der Waals surface area contributed by atoms with Crippen molar-refractivity contribution in [3.63, 3.8) is 0 Å². The fraction of sp³-hybridized carbons (Fsp3) is 0.269. The van der Waals surface area contributed by atoms with Crippen LogP contribution in [-0.2, 0) is 19.4 Å². The van der Waals surface area contributed by atoms with Gasteiger partial charge < -0.3 is 24.6 Å². The van der Waals surface area contributed by atoms with Crippen LogP contribution in [0.5, 0.6) is 11.5 Å². The van der Waals surface area contributed by atoms with Gasteiger partial charge in [-0.3, -0.25) is 0 Å². The molecule has 1 atom stereocenters. The molecule has 0 aliphatic carbocycles. The minimum absolute atomic E-state index is 0. The molecule has 0 saturated carbocycles. The van der Waals surface area contributed by atoms with E-state index in [9.17, 15) is 18.3 Å². The number of sulfone groups is 1. The molecule has 0 unspecified atom stereocenters. The zero-order valence-electron chi connectivity index (χ0n) is 20.1. The summed E-state index contributed by atoms with van der Waals surface area (Å²) >= 11 is 5.94. The first kappa shape index (κ1) is 30.4. The SMILES string of the molecule is CCOC(=O)COc1ccc(S(=O)(=O)c2ccc(OCCNC[C@H](O)c3cccc(Cl)c3)cc2)cc1.Cl. The van der Waals surface area contributed by atoms with E-state index < -0.39 is 21.9 Å². The monoisotopic (exact) mass is 569 g/mol. The quantitative estimate of drug-likeness (QED) is 0.232. The van der Waals surface area contributed by atoms with Gasteiger partial charge in [0, 0.05) is 18.1 Å². The van der Waals surface area contributed by atoms with Crippen LogP contribution in [0.15, 0.2) is 82.6 Å². The standard InChI is InChI=1S/C26H28ClNO7S.ClH/c1-2-33-26(30)18-35-22-8-12-24(13-9-22)36(31,32)23-10-6-21(7-11-23)34-15-14-28-17-25(29)19-4-3-5-20(27)16-19;/h3-13,16,25,28-29H,2,14-15,17-18H2,1H3;1H/t25-;/m0./s1. The average Bonchev–Trinajstić information content (AvgIpc) is 2.88. The Kier molecular flexibility index (Phi) is 12.2. The van der Waals surface area contributed by atoms with Crippen LogP contribution in [0, 0.1) is 0 Å². The van der Waals surface area contributed by atoms with Gasteiger partial charge in [0.15, 0.2) is 6.61 Å². The van der Waals surface area contributed by atoms with Gasteiger partial charge in [0.05, 0.1) is 22.5 Å². The first-order chi connectivity index (χ1) is 17.3. The minimum Gasteiger partial charge on any atom is -0.492 e. The lowest BCUT2D eigenvalue weighted by molar-refractivity contribution is -0.145. The van der Waals surface area contributed by atoms with Gasteiger partial charge in [-0.15, -0.1) is 12.4 Å². The zero-order chi connectivity index (χ0) is 26.0. The van der Waals surface area contributed by atoms with Gasteiger partial charge in [-0.25, -0.2) is 13.2 Å². The number of hydrogen-bond donors (Lipinski definition) is 2. The van der Waals surface area contributed by atoms with Crippen molar-refractivity contribution in [2.75, 3.05) is 32.9 Å². The lowest BCUT2D eigenvalue weighted by Crippen LogP contribution is -2.26. The number of nitrogens with one attached hydrogen (secondary N) is 1. The summed E-state index contributed by atoms with van der Waals surface area (Å²) in [4.78, 5) is 11.6. The second kappa shape index (κ2) is 14.8. The molecule has 8 nitrogen and oxygen atoms in total. The molecule has 2 N–H and O–H groups in total. The second-order valence-electron chi connectivity index (χ2n) is 7.66. The number of halogens is 2. The maximum atomic E-state index is 12.9. The van der Waals surface area contributed by atoms with E-state index in [1.165, 1.54) is 36.4 Å². The van der Waals surface area contributed by atoms with Crippen molar-refractivity contribution in [2.24, 2.45) is 0 Å². The van der Waals surface area contributed by atoms with Crippen LogP contribution < -0.4 is 14.8 Å². The molecule has 3 rings (SSSR count). The maximum Gasteiger partial charge on any atom is 0.344 e. The third-order valence-electron chi connectivity index (χ3n) is 5.05. The molecule has 0 spiro atoms. The van der Waals surface area contributed by atoms with E-state index in [-0.39, 0.29) is 35.4 Å². The van der Waals surface area contributed by atoms with Gasteiger partial charge in [0.2, 0.25) is 9.84 Å². The van der Waals surface area contributed by atoms with E-state index in [2.05, 4.69) is 5.32 Å². The van der Waals surface area contributed by atoms with Crippen molar-refractivity contribution in [1.82, 2.24) is 5.32 Å². The molecule has 37 heavy (non-hydrogen) atoms. The normalized spacial score (nSPS) is 11.8. The molecule has 0 saturated heterocycles. The molecule has 0 heterocycles. The Balaban J connectivity index is 0.00000481. The van der Waals surface area contributed by atoms with Gasteiger partial charge in [-0.1, -0.05) is 23.7 Å². The third kappa shape index (κ3) is 9.21. The smallest absolute Gasteiger partial charge is 0.344 e. The van der Waals surface area contributed by atoms with E-state index in [4.69, 9.17) is 25.8 Å². The van der Waals surface area contributed by atoms with Crippen LogP contribution in [0.4, 0.5) is 0 Å². The lowest BCUT2D eigenvalue weighted by Gasteiger charge is -2.13. The summed E-state index contributed by atoms with van der Waals surface area (Å²) in [6, 6.07) is 19.0. The molecule has 0 aliphatic heterocycles. The average molecular weight is 570 g/mol. The summed E-state index contributed by atoms with van der Waals surface area (Å²) < 4.78 is 41.6. The Morgan fingerprint density at radius 1 is 0.973 bits per heavy atom. The number of ether oxygens (including phenoxy) is 3. The molecule has 0 bridgehead atoms. The Hall–Kier alpha value is -2.82. The highest BCUT2D eigenvalue weighted by Gasteiger charge is 2.18. The molecule has 3 aromatic carbocycles. The lowest BCUT2D eigenvalue weighted by atomic mass is 10.1. The van der Waals surface area contributed by atoms with Gasteiger partial charge in [-0.2, -0.15) is 0 Å². The second-order valence-corrected chi connectivity index (χ2v) is 10.0. The molecule has 11 heteroatoms. The van der Waals surface area contributed by atoms with Crippen LogP contribution in [0.2, 0.25) is 5.02 Å². The van der Waals surface area contributed by atoms with Crippen LogP contribution in [0.1, 0.15) is 18.6 Å². The number of carbonyl (C=O) groups is 1. The largest absolute Gasteiger partial charge is 0.492 e. The number of benzene rings is 3. The number of hydrogen-bond acceptors (Lipinski definition) is 8. The summed E-state index contributed by atoms with van der Waals surface area (Å²) in [6.45, 7) is 2.87. The predicted octanol–water partition coefficient (Wildman–Crippen LogP) is 4.24. The number of aliphatic hydroxyl groups is 1. The highest BCUT2D eigenvalue weighted by molar-refractivity contribution is 7.91. The van der Waals surface area contributed by atoms with E-state index >= 15 is 0 Å². The summed E-state index contributed by atoms with van der Waals surface area (Å²) in [5.41, 5.74) is 0.728. The van der Waals surface area contributed by atoms with Gasteiger partial charge in [-0.05, 0) is 73.2 Å². The third-order valence-corrected chi connectivity index (χ3v) is 7.07. The number of esters is 1. The van der Waals surface area contributed by atoms with Crippen molar-refractivity contribution in [1.29, 1.82) is 0 Å². The maximum absolute atomic E-state index is 12.9. The summed E-state index contributed by atoms with van der Waals surface area (Å²) in [7, 11) is -3.73. The summed E-state index contributed by atoms with van der Waals surface area (Å²) in [5.74, 6) is 0.385. The Morgan fingerprint density at radius 3 is 2.14 bits per heavy atom. The first-order valence-corrected chi connectivity index (χ1v) is 13.2. The number of carbonyl (C=O) groups excluding carboxylic acids is 1. The van der Waals surface area contributed by atoms with Crippen LogP contribution in [0.25, 0.3) is 0 Å². The highest BCUT2D eigenvalue weighted by Crippen LogP contribution is 2.25. The van der Waals surface area contributed by atoms with E-state index in [1.807, 2.05) is 0 Å². The molecular formula is C26H29Cl2NO7S. The molecule has 0 fully saturated rings. The number of rotatable bonds is 13. The van der Waals surface area contributed by atoms with Gasteiger partial charge >= 0.3 is 5.97 Å². The van der Waals surface area contributed by atoms with Crippen LogP contribution in [-0.4, -0.2) is 52.4 Å². The van der Waals surface area contributed by atoms with Crippen molar-refractivity contribution >= 4 is 39.8 Å². The number of aliphatic hydroxyl groups excluding tert-OH is 1. The zero-order valence-corrected chi connectivity index (χ0v) is 22.5. The molecule has 3 aromatic rings. The minimum atomic E-state index is -3.73. The van der Waals surface area contributed by atoms with Crippen LogP contribution >= 0.6 is 24.0 Å². The van der Waals surface area contributed by atoms with Crippen molar-refractivity contribution < 1.29 is 32.5 Å². The fourth-order valence-corrected chi connectivity index (χ4v) is 4.68. The van der Waals surface area contributed by atoms with Crippen molar-refractivity contribution in [2.45, 2.75) is 22.8 Å². The predicted molar refractivity (Wildman–Crippen MR) is 142 cm³/mol. The highest BCUT2D eigenvalue weighted by atomic mass is 35.5. The van der Waals surface area contributed by atoms with Gasteiger partial charge in [0.1, 0.15) is 18.1 Å². The fourth-order valence-electron chi connectivity index (χ4n) is 3.22. The topological polar surface area (TPSA) is 111 Å². The first-order valence-electron chi connectivity index (χ1n) is 11.3. The summed E-state index contributed by atoms with van der Waals surface area (Å²) in [5, 5.41) is 13.9. The Labute approximate surface area is 227 Å². The molecular weight excluding hydrogens is 541 g/mol. The van der Waals surface area contributed by atoms with E-state index in [0.717, 1.165) is 5.56 Å². The van der Waals surface area contributed by atoms with Crippen molar-refractivity contribution in [3.05, 3.63) is 83.4 Å². The molecule has 0 aliphatic rings. The molecule has 200 valence electrons. The molecule has 0 aromatic heterocycles. The molecule has 0 amide bonds. The Morgan fingerprint density at radius 2 is 1.57 bits per heavy atom. The Bertz CT molecular complexity index is 1240. The van der Waals surface area contributed by atoms with Crippen LogP contribution in [0.3, 0.4) is 0 Å².